The van der Waals surface area contributed by atoms with E-state index in [1.54, 1.807) is 0 Å². The van der Waals surface area contributed by atoms with Crippen LogP contribution in [0.15, 0.2) is 0 Å². The highest BCUT2D eigenvalue weighted by molar-refractivity contribution is 5.15. The Kier molecular flexibility index (Phi) is 1.48. The second kappa shape index (κ2) is 2.21. The van der Waals surface area contributed by atoms with Gasteiger partial charge in [-0.3, -0.25) is 0 Å². The SMILES string of the molecule is CC1(C)OCC(C2(C#N)CC2)O1. The molecule has 1 heterocycles. The van der Waals surface area contributed by atoms with E-state index in [0.717, 1.165) is 12.8 Å². The predicted octanol–water partition coefficient (Wildman–Crippen LogP) is 1.44. The second-order valence-electron chi connectivity index (χ2n) is 4.09. The number of rotatable bonds is 1. The summed E-state index contributed by atoms with van der Waals surface area (Å²) in [5, 5.41) is 8.90. The number of ether oxygens (including phenoxy) is 2. The summed E-state index contributed by atoms with van der Waals surface area (Å²) in [4.78, 5) is 0. The van der Waals surface area contributed by atoms with E-state index in [0.29, 0.717) is 6.61 Å². The Balaban J connectivity index is 2.06. The van der Waals surface area contributed by atoms with Gasteiger partial charge in [0.25, 0.3) is 0 Å². The van der Waals surface area contributed by atoms with Gasteiger partial charge < -0.3 is 9.47 Å². The van der Waals surface area contributed by atoms with Gasteiger partial charge in [0.1, 0.15) is 6.10 Å². The molecule has 12 heavy (non-hydrogen) atoms. The van der Waals surface area contributed by atoms with Crippen molar-refractivity contribution in [1.82, 2.24) is 0 Å². The highest BCUT2D eigenvalue weighted by Gasteiger charge is 2.55. The molecule has 2 aliphatic rings. The molecule has 0 aromatic heterocycles. The van der Waals surface area contributed by atoms with Crippen LogP contribution < -0.4 is 0 Å². The number of hydrogen-bond donors (Lipinski definition) is 0. The summed E-state index contributed by atoms with van der Waals surface area (Å²) in [7, 11) is 0. The minimum Gasteiger partial charge on any atom is -0.348 e. The lowest BCUT2D eigenvalue weighted by Gasteiger charge is -2.18. The van der Waals surface area contributed by atoms with Crippen LogP contribution >= 0.6 is 0 Å². The summed E-state index contributed by atoms with van der Waals surface area (Å²) in [5.41, 5.74) is -0.215. The van der Waals surface area contributed by atoms with Crippen molar-refractivity contribution in [3.8, 4) is 6.07 Å². The molecular weight excluding hydrogens is 154 g/mol. The molecule has 1 aliphatic heterocycles. The zero-order valence-electron chi connectivity index (χ0n) is 7.46. The van der Waals surface area contributed by atoms with E-state index >= 15 is 0 Å². The zero-order chi connectivity index (χ0) is 8.82. The first-order valence-corrected chi connectivity index (χ1v) is 4.31. The van der Waals surface area contributed by atoms with Crippen LogP contribution in [0, 0.1) is 16.7 Å². The molecule has 0 bridgehead atoms. The van der Waals surface area contributed by atoms with E-state index in [-0.39, 0.29) is 11.5 Å². The van der Waals surface area contributed by atoms with Gasteiger partial charge in [-0.2, -0.15) is 5.26 Å². The fourth-order valence-electron chi connectivity index (χ4n) is 1.60. The molecule has 3 nitrogen and oxygen atoms in total. The van der Waals surface area contributed by atoms with Gasteiger partial charge in [0, 0.05) is 0 Å². The monoisotopic (exact) mass is 167 g/mol. The molecule has 1 saturated heterocycles. The first kappa shape index (κ1) is 8.03. The van der Waals surface area contributed by atoms with Crippen LogP contribution in [0.5, 0.6) is 0 Å². The van der Waals surface area contributed by atoms with Crippen molar-refractivity contribution >= 4 is 0 Å². The molecule has 1 atom stereocenters. The van der Waals surface area contributed by atoms with Gasteiger partial charge in [-0.05, 0) is 26.7 Å². The van der Waals surface area contributed by atoms with Crippen molar-refractivity contribution in [3.05, 3.63) is 0 Å². The molecule has 3 heteroatoms. The molecule has 0 N–H and O–H groups in total. The minimum atomic E-state index is -0.489. The number of nitrogens with zero attached hydrogens (tertiary/aromatic N) is 1. The van der Waals surface area contributed by atoms with E-state index in [1.807, 2.05) is 13.8 Å². The van der Waals surface area contributed by atoms with Gasteiger partial charge in [0.05, 0.1) is 18.1 Å². The van der Waals surface area contributed by atoms with Crippen LogP contribution in [0.3, 0.4) is 0 Å². The summed E-state index contributed by atoms with van der Waals surface area (Å²) in [5.74, 6) is -0.489. The first-order chi connectivity index (χ1) is 5.58. The Morgan fingerprint density at radius 2 is 2.08 bits per heavy atom. The number of hydrogen-bond acceptors (Lipinski definition) is 3. The lowest BCUT2D eigenvalue weighted by atomic mass is 10.0. The molecule has 2 fully saturated rings. The van der Waals surface area contributed by atoms with E-state index < -0.39 is 5.79 Å². The molecule has 1 saturated carbocycles. The lowest BCUT2D eigenvalue weighted by molar-refractivity contribution is -0.143. The number of nitriles is 1. The van der Waals surface area contributed by atoms with Crippen molar-refractivity contribution in [1.29, 1.82) is 5.26 Å². The Hall–Kier alpha value is -0.590. The highest BCUT2D eigenvalue weighted by Crippen LogP contribution is 2.52. The molecule has 1 unspecified atom stereocenters. The van der Waals surface area contributed by atoms with Crippen molar-refractivity contribution in [2.75, 3.05) is 6.61 Å². The van der Waals surface area contributed by atoms with E-state index in [4.69, 9.17) is 14.7 Å². The van der Waals surface area contributed by atoms with Gasteiger partial charge in [-0.25, -0.2) is 0 Å². The maximum absolute atomic E-state index is 8.90. The molecule has 1 aliphatic carbocycles. The summed E-state index contributed by atoms with van der Waals surface area (Å²) < 4.78 is 11.0. The van der Waals surface area contributed by atoms with Crippen molar-refractivity contribution in [2.45, 2.75) is 38.6 Å². The van der Waals surface area contributed by atoms with Crippen LogP contribution in [0.4, 0.5) is 0 Å². The second-order valence-corrected chi connectivity index (χ2v) is 4.09. The molecule has 66 valence electrons. The smallest absolute Gasteiger partial charge is 0.163 e. The molecule has 0 aromatic rings. The lowest BCUT2D eigenvalue weighted by Crippen LogP contribution is -2.26. The molecule has 2 rings (SSSR count). The van der Waals surface area contributed by atoms with Gasteiger partial charge in [-0.15, -0.1) is 0 Å². The summed E-state index contributed by atoms with van der Waals surface area (Å²) in [6, 6.07) is 2.33. The quantitative estimate of drug-likeness (QED) is 0.593. The van der Waals surface area contributed by atoms with Crippen LogP contribution in [-0.4, -0.2) is 18.5 Å². The van der Waals surface area contributed by atoms with Crippen molar-refractivity contribution < 1.29 is 9.47 Å². The summed E-state index contributed by atoms with van der Waals surface area (Å²) in [6.45, 7) is 4.35. The average molecular weight is 167 g/mol. The fraction of sp³-hybridized carbons (Fsp3) is 0.889. The Morgan fingerprint density at radius 1 is 1.42 bits per heavy atom. The maximum Gasteiger partial charge on any atom is 0.163 e. The van der Waals surface area contributed by atoms with Gasteiger partial charge >= 0.3 is 0 Å². The largest absolute Gasteiger partial charge is 0.348 e. The summed E-state index contributed by atoms with van der Waals surface area (Å²) in [6.07, 6.45) is 1.93. The molecule has 0 radical (unpaired) electrons. The average Bonchev–Trinajstić information content (AvgIpc) is 2.72. The third-order valence-corrected chi connectivity index (χ3v) is 2.64. The maximum atomic E-state index is 8.90. The summed E-state index contributed by atoms with van der Waals surface area (Å²) >= 11 is 0. The van der Waals surface area contributed by atoms with Gasteiger partial charge in [-0.1, -0.05) is 0 Å². The van der Waals surface area contributed by atoms with Crippen molar-refractivity contribution in [3.63, 3.8) is 0 Å². The third-order valence-electron chi connectivity index (χ3n) is 2.64. The van der Waals surface area contributed by atoms with Crippen LogP contribution in [-0.2, 0) is 9.47 Å². The van der Waals surface area contributed by atoms with Crippen LogP contribution in [0.2, 0.25) is 0 Å². The third kappa shape index (κ3) is 1.12. The van der Waals surface area contributed by atoms with Gasteiger partial charge in [0.15, 0.2) is 5.79 Å². The molecular formula is C9H13NO2. The molecule has 0 aromatic carbocycles. The van der Waals surface area contributed by atoms with E-state index in [9.17, 15) is 0 Å². The Morgan fingerprint density at radius 3 is 2.42 bits per heavy atom. The minimum absolute atomic E-state index is 0.00231. The Bertz CT molecular complexity index is 237. The van der Waals surface area contributed by atoms with Crippen molar-refractivity contribution in [2.24, 2.45) is 5.41 Å². The normalized spacial score (nSPS) is 35.9. The Labute approximate surface area is 72.3 Å². The van der Waals surface area contributed by atoms with E-state index in [2.05, 4.69) is 6.07 Å². The predicted molar refractivity (Wildman–Crippen MR) is 42.2 cm³/mol. The zero-order valence-corrected chi connectivity index (χ0v) is 7.46. The molecule has 0 amide bonds. The standard InChI is InChI=1S/C9H13NO2/c1-8(2)11-5-7(12-8)9(6-10)3-4-9/h7H,3-5H2,1-2H3. The molecule has 0 spiro atoms. The van der Waals surface area contributed by atoms with E-state index in [1.165, 1.54) is 0 Å². The van der Waals surface area contributed by atoms with Gasteiger partial charge in [0.2, 0.25) is 0 Å². The topological polar surface area (TPSA) is 42.2 Å². The van der Waals surface area contributed by atoms with Crippen LogP contribution in [0.1, 0.15) is 26.7 Å². The highest BCUT2D eigenvalue weighted by atomic mass is 16.7. The first-order valence-electron chi connectivity index (χ1n) is 4.31. The fourth-order valence-corrected chi connectivity index (χ4v) is 1.60. The van der Waals surface area contributed by atoms with Crippen LogP contribution in [0.25, 0.3) is 0 Å².